The van der Waals surface area contributed by atoms with Gasteiger partial charge in [-0.15, -0.1) is 11.3 Å². The Bertz CT molecular complexity index is 937. The Hall–Kier alpha value is -2.59. The zero-order chi connectivity index (χ0) is 14.9. The average molecular weight is 303 g/mol. The van der Waals surface area contributed by atoms with Crippen molar-refractivity contribution < 1.29 is 0 Å². The van der Waals surface area contributed by atoms with Crippen molar-refractivity contribution in [2.75, 3.05) is 0 Å². The van der Waals surface area contributed by atoms with E-state index in [4.69, 9.17) is 0 Å². The minimum atomic E-state index is 0.953. The molecule has 0 radical (unpaired) electrons. The molecule has 0 atom stereocenters. The van der Waals surface area contributed by atoms with Crippen LogP contribution < -0.4 is 0 Å². The van der Waals surface area contributed by atoms with Crippen molar-refractivity contribution >= 4 is 22.2 Å². The molecule has 0 saturated heterocycles. The van der Waals surface area contributed by atoms with Gasteiger partial charge in [0, 0.05) is 34.3 Å². The standard InChI is InChI=1S/C18H13N3S/c1-12-21-18(11-22-12)13-7-8-17(20-10-13)14-4-2-6-16-15(14)5-3-9-19-16/h2-11H,1H3. The summed E-state index contributed by atoms with van der Waals surface area (Å²) >= 11 is 1.65. The number of fused-ring (bicyclic) bond motifs is 1. The Morgan fingerprint density at radius 1 is 0.909 bits per heavy atom. The zero-order valence-electron chi connectivity index (χ0n) is 12.0. The highest BCUT2D eigenvalue weighted by atomic mass is 32.1. The van der Waals surface area contributed by atoms with E-state index in [9.17, 15) is 0 Å². The number of benzene rings is 1. The molecule has 0 aliphatic heterocycles. The van der Waals surface area contributed by atoms with Gasteiger partial charge in [-0.05, 0) is 31.2 Å². The molecule has 4 heteroatoms. The molecule has 3 aromatic heterocycles. The Morgan fingerprint density at radius 3 is 2.64 bits per heavy atom. The lowest BCUT2D eigenvalue weighted by Crippen LogP contribution is -1.88. The maximum Gasteiger partial charge on any atom is 0.0901 e. The van der Waals surface area contributed by atoms with E-state index < -0.39 is 0 Å². The van der Waals surface area contributed by atoms with Gasteiger partial charge in [0.2, 0.25) is 0 Å². The Morgan fingerprint density at radius 2 is 1.86 bits per heavy atom. The number of nitrogens with zero attached hydrogens (tertiary/aromatic N) is 3. The van der Waals surface area contributed by atoms with Crippen LogP contribution in [-0.2, 0) is 0 Å². The summed E-state index contributed by atoms with van der Waals surface area (Å²) in [6.07, 6.45) is 3.70. The van der Waals surface area contributed by atoms with E-state index in [0.717, 1.165) is 38.4 Å². The number of hydrogen-bond acceptors (Lipinski definition) is 4. The van der Waals surface area contributed by atoms with E-state index in [2.05, 4.69) is 38.5 Å². The van der Waals surface area contributed by atoms with Crippen molar-refractivity contribution in [2.24, 2.45) is 0 Å². The van der Waals surface area contributed by atoms with E-state index in [1.807, 2.05) is 43.6 Å². The number of aromatic nitrogens is 3. The van der Waals surface area contributed by atoms with Crippen molar-refractivity contribution in [1.82, 2.24) is 15.0 Å². The summed E-state index contributed by atoms with van der Waals surface area (Å²) in [5, 5.41) is 4.25. The van der Waals surface area contributed by atoms with Crippen LogP contribution in [0, 0.1) is 6.92 Å². The van der Waals surface area contributed by atoms with E-state index in [1.54, 1.807) is 11.3 Å². The summed E-state index contributed by atoms with van der Waals surface area (Å²) in [6.45, 7) is 2.01. The first kappa shape index (κ1) is 13.1. The highest BCUT2D eigenvalue weighted by Gasteiger charge is 2.07. The van der Waals surface area contributed by atoms with Gasteiger partial charge in [0.1, 0.15) is 0 Å². The normalized spacial score (nSPS) is 11.0. The SMILES string of the molecule is Cc1nc(-c2ccc(-c3cccc4ncccc34)nc2)cs1. The number of thiazole rings is 1. The van der Waals surface area contributed by atoms with Gasteiger partial charge in [-0.3, -0.25) is 9.97 Å². The molecule has 0 spiro atoms. The molecule has 106 valence electrons. The monoisotopic (exact) mass is 303 g/mol. The van der Waals surface area contributed by atoms with E-state index in [-0.39, 0.29) is 0 Å². The third-order valence-corrected chi connectivity index (χ3v) is 4.37. The summed E-state index contributed by atoms with van der Waals surface area (Å²) in [5.74, 6) is 0. The first-order valence-corrected chi connectivity index (χ1v) is 7.92. The number of pyridine rings is 2. The van der Waals surface area contributed by atoms with Crippen molar-refractivity contribution in [3.8, 4) is 22.5 Å². The highest BCUT2D eigenvalue weighted by Crippen LogP contribution is 2.28. The van der Waals surface area contributed by atoms with Crippen molar-refractivity contribution in [1.29, 1.82) is 0 Å². The van der Waals surface area contributed by atoms with Crippen molar-refractivity contribution in [3.63, 3.8) is 0 Å². The van der Waals surface area contributed by atoms with Crippen molar-refractivity contribution in [3.05, 3.63) is 65.2 Å². The van der Waals surface area contributed by atoms with Gasteiger partial charge < -0.3 is 0 Å². The molecule has 1 aromatic carbocycles. The number of hydrogen-bond donors (Lipinski definition) is 0. The van der Waals surface area contributed by atoms with Crippen LogP contribution >= 0.6 is 11.3 Å². The summed E-state index contributed by atoms with van der Waals surface area (Å²) in [6, 6.07) is 14.3. The molecule has 4 rings (SSSR count). The number of rotatable bonds is 2. The molecule has 0 aliphatic carbocycles. The molecule has 3 heterocycles. The smallest absolute Gasteiger partial charge is 0.0901 e. The molecule has 0 aliphatic rings. The lowest BCUT2D eigenvalue weighted by molar-refractivity contribution is 1.27. The fraction of sp³-hybridized carbons (Fsp3) is 0.0556. The van der Waals surface area contributed by atoms with Gasteiger partial charge in [-0.2, -0.15) is 0 Å². The van der Waals surface area contributed by atoms with Crippen LogP contribution in [0.15, 0.2) is 60.2 Å². The highest BCUT2D eigenvalue weighted by molar-refractivity contribution is 7.09. The molecule has 22 heavy (non-hydrogen) atoms. The lowest BCUT2D eigenvalue weighted by Gasteiger charge is -2.06. The predicted molar refractivity (Wildman–Crippen MR) is 90.8 cm³/mol. The van der Waals surface area contributed by atoms with Crippen LogP contribution in [0.2, 0.25) is 0 Å². The second-order valence-electron chi connectivity index (χ2n) is 5.06. The zero-order valence-corrected chi connectivity index (χ0v) is 12.8. The molecular weight excluding hydrogens is 290 g/mol. The Kier molecular flexibility index (Phi) is 3.16. The van der Waals surface area contributed by atoms with Crippen LogP contribution in [0.4, 0.5) is 0 Å². The topological polar surface area (TPSA) is 38.7 Å². The van der Waals surface area contributed by atoms with E-state index >= 15 is 0 Å². The first-order chi connectivity index (χ1) is 10.8. The maximum atomic E-state index is 4.62. The summed E-state index contributed by atoms with van der Waals surface area (Å²) in [5.41, 5.74) is 5.08. The minimum absolute atomic E-state index is 0.953. The van der Waals surface area contributed by atoms with Crippen LogP contribution in [0.25, 0.3) is 33.4 Å². The lowest BCUT2D eigenvalue weighted by atomic mass is 10.0. The fourth-order valence-electron chi connectivity index (χ4n) is 2.53. The molecule has 0 saturated carbocycles. The van der Waals surface area contributed by atoms with Gasteiger partial charge in [0.05, 0.1) is 21.9 Å². The first-order valence-electron chi connectivity index (χ1n) is 7.04. The van der Waals surface area contributed by atoms with Gasteiger partial charge in [0.15, 0.2) is 0 Å². The van der Waals surface area contributed by atoms with Gasteiger partial charge in [-0.1, -0.05) is 18.2 Å². The van der Waals surface area contributed by atoms with E-state index in [0.29, 0.717) is 0 Å². The second kappa shape index (κ2) is 5.31. The van der Waals surface area contributed by atoms with Crippen LogP contribution in [-0.4, -0.2) is 15.0 Å². The maximum absolute atomic E-state index is 4.62. The summed E-state index contributed by atoms with van der Waals surface area (Å²) in [4.78, 5) is 13.5. The number of aryl methyl sites for hydroxylation is 1. The van der Waals surface area contributed by atoms with Gasteiger partial charge in [0.25, 0.3) is 0 Å². The van der Waals surface area contributed by atoms with Crippen LogP contribution in [0.5, 0.6) is 0 Å². The van der Waals surface area contributed by atoms with E-state index in [1.165, 1.54) is 0 Å². The van der Waals surface area contributed by atoms with Gasteiger partial charge in [-0.25, -0.2) is 4.98 Å². The molecule has 0 bridgehead atoms. The van der Waals surface area contributed by atoms with Gasteiger partial charge >= 0.3 is 0 Å². The molecule has 4 aromatic rings. The summed E-state index contributed by atoms with van der Waals surface area (Å²) < 4.78 is 0. The van der Waals surface area contributed by atoms with Crippen LogP contribution in [0.3, 0.4) is 0 Å². The molecule has 0 amide bonds. The molecule has 0 N–H and O–H groups in total. The molecule has 3 nitrogen and oxygen atoms in total. The van der Waals surface area contributed by atoms with Crippen molar-refractivity contribution in [2.45, 2.75) is 6.92 Å². The second-order valence-corrected chi connectivity index (χ2v) is 6.12. The van der Waals surface area contributed by atoms with Crippen LogP contribution in [0.1, 0.15) is 5.01 Å². The molecule has 0 unspecified atom stereocenters. The molecular formula is C18H13N3S. The predicted octanol–water partition coefficient (Wildman–Crippen LogP) is 4.73. The largest absolute Gasteiger partial charge is 0.256 e. The Labute approximate surface area is 132 Å². The molecule has 0 fully saturated rings. The third kappa shape index (κ3) is 2.27. The summed E-state index contributed by atoms with van der Waals surface area (Å²) in [7, 11) is 0. The quantitative estimate of drug-likeness (QED) is 0.537. The Balaban J connectivity index is 1.79. The average Bonchev–Trinajstić information content (AvgIpc) is 3.01. The fourth-order valence-corrected chi connectivity index (χ4v) is 3.15. The minimum Gasteiger partial charge on any atom is -0.256 e. The third-order valence-electron chi connectivity index (χ3n) is 3.60.